The predicted octanol–water partition coefficient (Wildman–Crippen LogP) is 3.38. The molecule has 0 aliphatic carbocycles. The fraction of sp³-hybridized carbons (Fsp3) is 0.182. The Morgan fingerprint density at radius 1 is 1.50 bits per heavy atom. The smallest absolute Gasteiger partial charge is 0.355 e. The first kappa shape index (κ1) is 11.5. The van der Waals surface area contributed by atoms with Crippen LogP contribution in [0.5, 0.6) is 0 Å². The highest BCUT2D eigenvalue weighted by atomic mass is 79.9. The molecule has 5 heteroatoms. The molecule has 0 atom stereocenters. The SMILES string of the molecule is COC(=O)c1c(Br)c2ccc(Cl)cc2n1C. The third kappa shape index (κ3) is 1.62. The number of hydrogen-bond acceptors (Lipinski definition) is 2. The van der Waals surface area contributed by atoms with E-state index in [1.54, 1.807) is 17.7 Å². The maximum atomic E-state index is 11.6. The van der Waals surface area contributed by atoms with E-state index in [-0.39, 0.29) is 5.97 Å². The minimum atomic E-state index is -0.373. The van der Waals surface area contributed by atoms with E-state index in [1.165, 1.54) is 7.11 Å². The zero-order valence-corrected chi connectivity index (χ0v) is 11.1. The molecule has 0 saturated carbocycles. The molecule has 0 unspecified atom stereocenters. The highest BCUT2D eigenvalue weighted by molar-refractivity contribution is 9.10. The van der Waals surface area contributed by atoms with Crippen LogP contribution in [0.15, 0.2) is 22.7 Å². The van der Waals surface area contributed by atoms with Crippen LogP contribution in [0.4, 0.5) is 0 Å². The van der Waals surface area contributed by atoms with Gasteiger partial charge in [0.2, 0.25) is 0 Å². The summed E-state index contributed by atoms with van der Waals surface area (Å²) in [6, 6.07) is 5.47. The largest absolute Gasteiger partial charge is 0.464 e. The van der Waals surface area contributed by atoms with Gasteiger partial charge in [-0.15, -0.1) is 0 Å². The molecular formula is C11H9BrClNO2. The molecule has 0 saturated heterocycles. The molecule has 0 fully saturated rings. The van der Waals surface area contributed by atoms with Crippen LogP contribution in [0.2, 0.25) is 5.02 Å². The molecule has 0 amide bonds. The summed E-state index contributed by atoms with van der Waals surface area (Å²) in [6.07, 6.45) is 0. The Morgan fingerprint density at radius 2 is 2.19 bits per heavy atom. The van der Waals surface area contributed by atoms with Gasteiger partial charge in [-0.2, -0.15) is 0 Å². The van der Waals surface area contributed by atoms with Crippen LogP contribution in [0.3, 0.4) is 0 Å². The van der Waals surface area contributed by atoms with Crippen LogP contribution < -0.4 is 0 Å². The fourth-order valence-corrected chi connectivity index (χ4v) is 2.62. The summed E-state index contributed by atoms with van der Waals surface area (Å²) in [7, 11) is 3.16. The summed E-state index contributed by atoms with van der Waals surface area (Å²) in [5.41, 5.74) is 1.37. The van der Waals surface area contributed by atoms with Crippen molar-refractivity contribution >= 4 is 44.4 Å². The van der Waals surface area contributed by atoms with Crippen molar-refractivity contribution in [2.75, 3.05) is 7.11 Å². The molecule has 3 nitrogen and oxygen atoms in total. The molecule has 2 aromatic rings. The number of hydrogen-bond donors (Lipinski definition) is 0. The van der Waals surface area contributed by atoms with E-state index in [1.807, 2.05) is 12.1 Å². The molecule has 1 aromatic carbocycles. The lowest BCUT2D eigenvalue weighted by Gasteiger charge is -2.02. The summed E-state index contributed by atoms with van der Waals surface area (Å²) in [5.74, 6) is -0.373. The number of esters is 1. The minimum Gasteiger partial charge on any atom is -0.464 e. The zero-order valence-electron chi connectivity index (χ0n) is 8.75. The first-order valence-corrected chi connectivity index (χ1v) is 5.75. The summed E-state index contributed by atoms with van der Waals surface area (Å²) in [5, 5.41) is 1.57. The normalized spacial score (nSPS) is 10.8. The molecule has 2 rings (SSSR count). The average molecular weight is 303 g/mol. The Labute approximate surface area is 106 Å². The van der Waals surface area contributed by atoms with Crippen LogP contribution in [-0.4, -0.2) is 17.6 Å². The first-order valence-electron chi connectivity index (χ1n) is 4.58. The number of rotatable bonds is 1. The van der Waals surface area contributed by atoms with E-state index in [0.29, 0.717) is 10.7 Å². The molecule has 0 N–H and O–H groups in total. The summed E-state index contributed by atoms with van der Waals surface area (Å²) < 4.78 is 7.23. The van der Waals surface area contributed by atoms with Crippen molar-refractivity contribution in [2.45, 2.75) is 0 Å². The highest BCUT2D eigenvalue weighted by Gasteiger charge is 2.19. The van der Waals surface area contributed by atoms with Gasteiger partial charge in [-0.1, -0.05) is 17.7 Å². The van der Waals surface area contributed by atoms with Gasteiger partial charge in [0.05, 0.1) is 17.1 Å². The van der Waals surface area contributed by atoms with E-state index in [4.69, 9.17) is 16.3 Å². The maximum absolute atomic E-state index is 11.6. The Morgan fingerprint density at radius 3 is 2.81 bits per heavy atom. The van der Waals surface area contributed by atoms with E-state index in [9.17, 15) is 4.79 Å². The number of carbonyl (C=O) groups excluding carboxylic acids is 1. The van der Waals surface area contributed by atoms with Crippen LogP contribution in [0.25, 0.3) is 10.9 Å². The van der Waals surface area contributed by atoms with Crippen molar-refractivity contribution in [1.29, 1.82) is 0 Å². The van der Waals surface area contributed by atoms with Crippen molar-refractivity contribution in [1.82, 2.24) is 4.57 Å². The number of halogens is 2. The van der Waals surface area contributed by atoms with Crippen molar-refractivity contribution in [3.8, 4) is 0 Å². The van der Waals surface area contributed by atoms with E-state index >= 15 is 0 Å². The number of methoxy groups -OCH3 is 1. The highest BCUT2D eigenvalue weighted by Crippen LogP contribution is 2.32. The number of fused-ring (bicyclic) bond motifs is 1. The lowest BCUT2D eigenvalue weighted by atomic mass is 10.2. The van der Waals surface area contributed by atoms with Gasteiger partial charge in [0.25, 0.3) is 0 Å². The summed E-state index contributed by atoms with van der Waals surface area (Å²) >= 11 is 9.32. The number of ether oxygens (including phenoxy) is 1. The third-order valence-electron chi connectivity index (χ3n) is 2.48. The van der Waals surface area contributed by atoms with Crippen molar-refractivity contribution in [2.24, 2.45) is 7.05 Å². The van der Waals surface area contributed by atoms with Gasteiger partial charge >= 0.3 is 5.97 Å². The lowest BCUT2D eigenvalue weighted by Crippen LogP contribution is -2.07. The average Bonchev–Trinajstić information content (AvgIpc) is 2.51. The second kappa shape index (κ2) is 4.11. The van der Waals surface area contributed by atoms with Gasteiger partial charge < -0.3 is 9.30 Å². The zero-order chi connectivity index (χ0) is 11.9. The second-order valence-electron chi connectivity index (χ2n) is 3.37. The van der Waals surface area contributed by atoms with Gasteiger partial charge in [-0.05, 0) is 28.1 Å². The van der Waals surface area contributed by atoms with Crippen molar-refractivity contribution in [3.63, 3.8) is 0 Å². The van der Waals surface area contributed by atoms with Crippen molar-refractivity contribution in [3.05, 3.63) is 33.4 Å². The Hall–Kier alpha value is -1.00. The van der Waals surface area contributed by atoms with E-state index in [0.717, 1.165) is 15.4 Å². The molecule has 1 aromatic heterocycles. The van der Waals surface area contributed by atoms with Crippen LogP contribution in [0.1, 0.15) is 10.5 Å². The number of aryl methyl sites for hydroxylation is 1. The maximum Gasteiger partial charge on any atom is 0.355 e. The Balaban J connectivity index is 2.81. The number of aromatic nitrogens is 1. The summed E-state index contributed by atoms with van der Waals surface area (Å²) in [6.45, 7) is 0. The molecule has 0 aliphatic rings. The Bertz CT molecular complexity index is 577. The molecule has 0 aliphatic heterocycles. The molecular weight excluding hydrogens is 293 g/mol. The Kier molecular flexibility index (Phi) is 2.95. The van der Waals surface area contributed by atoms with Gasteiger partial charge in [0.15, 0.2) is 0 Å². The quantitative estimate of drug-likeness (QED) is 0.756. The predicted molar refractivity (Wildman–Crippen MR) is 67.0 cm³/mol. The molecule has 0 spiro atoms. The van der Waals surface area contributed by atoms with Crippen LogP contribution >= 0.6 is 27.5 Å². The number of nitrogens with zero attached hydrogens (tertiary/aromatic N) is 1. The van der Waals surface area contributed by atoms with Crippen LogP contribution in [0, 0.1) is 0 Å². The van der Waals surface area contributed by atoms with Gasteiger partial charge in [-0.3, -0.25) is 0 Å². The standard InChI is InChI=1S/C11H9BrClNO2/c1-14-8-5-6(13)3-4-7(8)9(12)10(14)11(15)16-2/h3-5H,1-2H3. The second-order valence-corrected chi connectivity index (χ2v) is 4.60. The van der Waals surface area contributed by atoms with Gasteiger partial charge in [-0.25, -0.2) is 4.79 Å². The molecule has 1 heterocycles. The molecule has 16 heavy (non-hydrogen) atoms. The van der Waals surface area contributed by atoms with Crippen molar-refractivity contribution < 1.29 is 9.53 Å². The summed E-state index contributed by atoms with van der Waals surface area (Å²) in [4.78, 5) is 11.6. The van der Waals surface area contributed by atoms with E-state index in [2.05, 4.69) is 15.9 Å². The number of carbonyl (C=O) groups is 1. The topological polar surface area (TPSA) is 31.2 Å². The minimum absolute atomic E-state index is 0.373. The monoisotopic (exact) mass is 301 g/mol. The van der Waals surface area contributed by atoms with Gasteiger partial charge in [0, 0.05) is 17.5 Å². The molecule has 0 radical (unpaired) electrons. The lowest BCUT2D eigenvalue weighted by molar-refractivity contribution is 0.0589. The molecule has 84 valence electrons. The first-order chi connectivity index (χ1) is 7.56. The fourth-order valence-electron chi connectivity index (χ4n) is 1.69. The van der Waals surface area contributed by atoms with Crippen LogP contribution in [-0.2, 0) is 11.8 Å². The third-order valence-corrected chi connectivity index (χ3v) is 3.52. The number of benzene rings is 1. The van der Waals surface area contributed by atoms with E-state index < -0.39 is 0 Å². The molecule has 0 bridgehead atoms. The van der Waals surface area contributed by atoms with Gasteiger partial charge in [0.1, 0.15) is 5.69 Å².